The van der Waals surface area contributed by atoms with Crippen molar-refractivity contribution in [1.82, 2.24) is 10.3 Å². The van der Waals surface area contributed by atoms with E-state index in [-0.39, 0.29) is 0 Å². The summed E-state index contributed by atoms with van der Waals surface area (Å²) in [5.74, 6) is 0. The minimum Gasteiger partial charge on any atom is -0.378 e. The molecule has 2 aliphatic rings. The van der Waals surface area contributed by atoms with Crippen LogP contribution in [0.15, 0.2) is 0 Å². The fraction of sp³-hybridized carbons (Fsp3) is 0.800. The largest absolute Gasteiger partial charge is 0.378 e. The van der Waals surface area contributed by atoms with Gasteiger partial charge < -0.3 is 15.0 Å². The van der Waals surface area contributed by atoms with E-state index in [1.54, 1.807) is 7.11 Å². The summed E-state index contributed by atoms with van der Waals surface area (Å²) in [7, 11) is 1.75. The molecule has 2 heterocycles. The van der Waals surface area contributed by atoms with Crippen LogP contribution in [0, 0.1) is 5.41 Å². The smallest absolute Gasteiger partial charge is 0.185 e. The Hall–Kier alpha value is -0.650. The summed E-state index contributed by atoms with van der Waals surface area (Å²) >= 11 is 1.84. The van der Waals surface area contributed by atoms with Gasteiger partial charge in [-0.25, -0.2) is 4.98 Å². The first-order chi connectivity index (χ1) is 9.57. The predicted octanol–water partition coefficient (Wildman–Crippen LogP) is 2.78. The monoisotopic (exact) mass is 295 g/mol. The number of aromatic nitrogens is 1. The molecule has 112 valence electrons. The third-order valence-corrected chi connectivity index (χ3v) is 5.28. The molecule has 3 rings (SSSR count). The van der Waals surface area contributed by atoms with E-state index < -0.39 is 0 Å². The number of hydrogen-bond donors (Lipinski definition) is 1. The summed E-state index contributed by atoms with van der Waals surface area (Å²) in [6.45, 7) is 8.48. The van der Waals surface area contributed by atoms with Crippen LogP contribution >= 0.6 is 11.3 Å². The molecule has 0 atom stereocenters. The topological polar surface area (TPSA) is 37.4 Å². The summed E-state index contributed by atoms with van der Waals surface area (Å²) < 4.78 is 5.31. The van der Waals surface area contributed by atoms with E-state index in [4.69, 9.17) is 9.72 Å². The average molecular weight is 295 g/mol. The lowest BCUT2D eigenvalue weighted by Gasteiger charge is -2.18. The highest BCUT2D eigenvalue weighted by molar-refractivity contribution is 7.15. The molecule has 1 aromatic rings. The third-order valence-electron chi connectivity index (χ3n) is 4.12. The summed E-state index contributed by atoms with van der Waals surface area (Å²) in [6.07, 6.45) is 3.90. The molecule has 4 nitrogen and oxygen atoms in total. The van der Waals surface area contributed by atoms with Gasteiger partial charge in [-0.1, -0.05) is 13.8 Å². The zero-order valence-electron chi connectivity index (χ0n) is 12.7. The molecule has 1 saturated heterocycles. The molecule has 0 unspecified atom stereocenters. The molecule has 5 heteroatoms. The molecule has 1 aromatic heterocycles. The maximum Gasteiger partial charge on any atom is 0.185 e. The second-order valence-corrected chi connectivity index (χ2v) is 7.85. The van der Waals surface area contributed by atoms with Crippen LogP contribution in [0.2, 0.25) is 0 Å². The summed E-state index contributed by atoms with van der Waals surface area (Å²) in [5.41, 5.74) is 1.53. The second-order valence-electron chi connectivity index (χ2n) is 6.79. The van der Waals surface area contributed by atoms with Crippen LogP contribution in [-0.2, 0) is 17.9 Å². The highest BCUT2D eigenvalue weighted by Crippen LogP contribution is 2.36. The standard InChI is InChI=1S/C15H25N3OS/c1-15(2)6-7-18(10-15)14-17-12(9-19-3)13(20-14)8-16-11-4-5-11/h11,16H,4-10H2,1-3H3. The number of rotatable bonds is 6. The Morgan fingerprint density at radius 2 is 2.25 bits per heavy atom. The molecule has 2 fully saturated rings. The predicted molar refractivity (Wildman–Crippen MR) is 83.3 cm³/mol. The molecule has 20 heavy (non-hydrogen) atoms. The van der Waals surface area contributed by atoms with Crippen molar-refractivity contribution in [3.05, 3.63) is 10.6 Å². The Morgan fingerprint density at radius 3 is 2.85 bits per heavy atom. The van der Waals surface area contributed by atoms with Gasteiger partial charge in [-0.3, -0.25) is 0 Å². The Balaban J connectivity index is 1.72. The molecule has 0 amide bonds. The Kier molecular flexibility index (Phi) is 4.02. The van der Waals surface area contributed by atoms with Crippen LogP contribution in [0.25, 0.3) is 0 Å². The van der Waals surface area contributed by atoms with Gasteiger partial charge in [0.15, 0.2) is 5.13 Å². The summed E-state index contributed by atoms with van der Waals surface area (Å²) in [6, 6.07) is 0.738. The van der Waals surface area contributed by atoms with Gasteiger partial charge in [0.05, 0.1) is 12.3 Å². The van der Waals surface area contributed by atoms with Crippen LogP contribution < -0.4 is 10.2 Å². The number of hydrogen-bond acceptors (Lipinski definition) is 5. The molecule has 1 N–H and O–H groups in total. The van der Waals surface area contributed by atoms with E-state index in [1.165, 1.54) is 29.3 Å². The van der Waals surface area contributed by atoms with Gasteiger partial charge in [0.25, 0.3) is 0 Å². The van der Waals surface area contributed by atoms with Crippen molar-refractivity contribution < 1.29 is 4.74 Å². The van der Waals surface area contributed by atoms with Crippen molar-refractivity contribution >= 4 is 16.5 Å². The van der Waals surface area contributed by atoms with Crippen LogP contribution in [-0.4, -0.2) is 31.2 Å². The number of anilines is 1. The molecule has 1 aliphatic carbocycles. The van der Waals surface area contributed by atoms with Crippen LogP contribution in [0.3, 0.4) is 0 Å². The Bertz CT molecular complexity index is 468. The van der Waals surface area contributed by atoms with Crippen LogP contribution in [0.1, 0.15) is 43.7 Å². The van der Waals surface area contributed by atoms with Gasteiger partial charge in [-0.05, 0) is 24.7 Å². The quantitative estimate of drug-likeness (QED) is 0.875. The normalized spacial score (nSPS) is 21.6. The number of methoxy groups -OCH3 is 1. The van der Waals surface area contributed by atoms with Gasteiger partial charge in [0.1, 0.15) is 0 Å². The van der Waals surface area contributed by atoms with Crippen LogP contribution in [0.4, 0.5) is 5.13 Å². The first kappa shape index (κ1) is 14.3. The maximum atomic E-state index is 5.31. The van der Waals surface area contributed by atoms with Crippen molar-refractivity contribution in [2.24, 2.45) is 5.41 Å². The molecular formula is C15H25N3OS. The molecular weight excluding hydrogens is 270 g/mol. The SMILES string of the molecule is COCc1nc(N2CCC(C)(C)C2)sc1CNC1CC1. The van der Waals surface area contributed by atoms with E-state index in [1.807, 2.05) is 11.3 Å². The van der Waals surface area contributed by atoms with Gasteiger partial charge >= 0.3 is 0 Å². The second kappa shape index (κ2) is 5.62. The van der Waals surface area contributed by atoms with Crippen LogP contribution in [0.5, 0.6) is 0 Å². The average Bonchev–Trinajstić information content (AvgIpc) is 3.04. The first-order valence-electron chi connectivity index (χ1n) is 7.53. The minimum atomic E-state index is 0.416. The zero-order chi connectivity index (χ0) is 14.2. The van der Waals surface area contributed by atoms with Gasteiger partial charge in [-0.2, -0.15) is 0 Å². The van der Waals surface area contributed by atoms with Crippen molar-refractivity contribution in [3.63, 3.8) is 0 Å². The molecule has 0 aromatic carbocycles. The van der Waals surface area contributed by atoms with Crippen molar-refractivity contribution in [2.45, 2.75) is 52.3 Å². The van der Waals surface area contributed by atoms with Crippen molar-refractivity contribution in [2.75, 3.05) is 25.1 Å². The van der Waals surface area contributed by atoms with E-state index >= 15 is 0 Å². The molecule has 0 spiro atoms. The van der Waals surface area contributed by atoms with E-state index in [9.17, 15) is 0 Å². The molecule has 0 radical (unpaired) electrons. The Labute approximate surface area is 125 Å². The third kappa shape index (κ3) is 3.32. The van der Waals surface area contributed by atoms with Gasteiger partial charge in [0, 0.05) is 37.7 Å². The lowest BCUT2D eigenvalue weighted by atomic mass is 9.93. The van der Waals surface area contributed by atoms with Crippen molar-refractivity contribution in [3.8, 4) is 0 Å². The summed E-state index contributed by atoms with van der Waals surface area (Å²) in [4.78, 5) is 8.61. The van der Waals surface area contributed by atoms with Gasteiger partial charge in [-0.15, -0.1) is 11.3 Å². The molecule has 1 saturated carbocycles. The lowest BCUT2D eigenvalue weighted by molar-refractivity contribution is 0.181. The number of nitrogens with zero attached hydrogens (tertiary/aromatic N) is 2. The summed E-state index contributed by atoms with van der Waals surface area (Å²) in [5, 5.41) is 4.76. The van der Waals surface area contributed by atoms with E-state index in [0.29, 0.717) is 12.0 Å². The van der Waals surface area contributed by atoms with Crippen molar-refractivity contribution in [1.29, 1.82) is 0 Å². The molecule has 0 bridgehead atoms. The highest BCUT2D eigenvalue weighted by atomic mass is 32.1. The van der Waals surface area contributed by atoms with Gasteiger partial charge in [0.2, 0.25) is 0 Å². The maximum absolute atomic E-state index is 5.31. The number of thiazole rings is 1. The Morgan fingerprint density at radius 1 is 1.45 bits per heavy atom. The van der Waals surface area contributed by atoms with E-state index in [2.05, 4.69) is 24.1 Å². The minimum absolute atomic E-state index is 0.416. The molecule has 1 aliphatic heterocycles. The first-order valence-corrected chi connectivity index (χ1v) is 8.35. The number of nitrogens with one attached hydrogen (secondary N) is 1. The lowest BCUT2D eigenvalue weighted by Crippen LogP contribution is -2.22. The zero-order valence-corrected chi connectivity index (χ0v) is 13.6. The number of ether oxygens (including phenoxy) is 1. The van der Waals surface area contributed by atoms with E-state index in [0.717, 1.165) is 31.4 Å². The fourth-order valence-electron chi connectivity index (χ4n) is 2.69. The highest BCUT2D eigenvalue weighted by Gasteiger charge is 2.31. The fourth-order valence-corrected chi connectivity index (χ4v) is 3.73.